The predicted molar refractivity (Wildman–Crippen MR) is 75.7 cm³/mol. The summed E-state index contributed by atoms with van der Waals surface area (Å²) in [6.45, 7) is 5.83. The summed E-state index contributed by atoms with van der Waals surface area (Å²) in [6.07, 6.45) is 4.95. The lowest BCUT2D eigenvalue weighted by Gasteiger charge is -2.20. The van der Waals surface area contributed by atoms with Gasteiger partial charge < -0.3 is 9.80 Å². The quantitative estimate of drug-likeness (QED) is 0.811. The molecule has 2 heterocycles. The summed E-state index contributed by atoms with van der Waals surface area (Å²) in [5.41, 5.74) is 2.13. The van der Waals surface area contributed by atoms with Gasteiger partial charge in [0, 0.05) is 26.2 Å². The van der Waals surface area contributed by atoms with Gasteiger partial charge in [0.1, 0.15) is 0 Å². The third-order valence-electron chi connectivity index (χ3n) is 3.77. The van der Waals surface area contributed by atoms with E-state index < -0.39 is 0 Å². The van der Waals surface area contributed by atoms with E-state index in [1.807, 2.05) is 26.1 Å². The predicted octanol–water partition coefficient (Wildman–Crippen LogP) is 1.83. The molecule has 1 fully saturated rings. The topological polar surface area (TPSA) is 36.4 Å². The highest BCUT2D eigenvalue weighted by Gasteiger charge is 2.15. The Hall–Kier alpha value is -1.42. The molecule has 1 saturated heterocycles. The molecule has 19 heavy (non-hydrogen) atoms. The van der Waals surface area contributed by atoms with Gasteiger partial charge in [0.15, 0.2) is 0 Å². The van der Waals surface area contributed by atoms with Gasteiger partial charge >= 0.3 is 0 Å². The van der Waals surface area contributed by atoms with Gasteiger partial charge in [0.2, 0.25) is 5.91 Å². The van der Waals surface area contributed by atoms with Gasteiger partial charge in [0.05, 0.1) is 12.2 Å². The Labute approximate surface area is 115 Å². The van der Waals surface area contributed by atoms with Crippen LogP contribution >= 0.6 is 0 Å². The molecule has 1 aliphatic heterocycles. The van der Waals surface area contributed by atoms with Crippen LogP contribution in [-0.4, -0.2) is 47.4 Å². The third-order valence-corrected chi connectivity index (χ3v) is 3.77. The Morgan fingerprint density at radius 1 is 1.42 bits per heavy atom. The number of carbonyl (C=O) groups excluding carboxylic acids is 1. The highest BCUT2D eigenvalue weighted by Crippen LogP contribution is 2.10. The number of carbonyl (C=O) groups is 1. The summed E-state index contributed by atoms with van der Waals surface area (Å²) >= 11 is 0. The monoisotopic (exact) mass is 261 g/mol. The zero-order chi connectivity index (χ0) is 13.7. The number of nitrogens with zero attached hydrogens (tertiary/aromatic N) is 3. The Bertz CT molecular complexity index is 427. The Balaban J connectivity index is 1.80. The molecule has 0 saturated carbocycles. The summed E-state index contributed by atoms with van der Waals surface area (Å²) in [4.78, 5) is 20.6. The average molecular weight is 261 g/mol. The van der Waals surface area contributed by atoms with Gasteiger partial charge in [-0.25, -0.2) is 0 Å². The maximum atomic E-state index is 12.1. The molecule has 1 aliphatic rings. The maximum absolute atomic E-state index is 12.1. The van der Waals surface area contributed by atoms with Crippen LogP contribution in [0.1, 0.15) is 30.5 Å². The Morgan fingerprint density at radius 3 is 2.84 bits per heavy atom. The molecule has 0 atom stereocenters. The van der Waals surface area contributed by atoms with Crippen molar-refractivity contribution in [2.45, 2.75) is 32.7 Å². The second-order valence-corrected chi connectivity index (χ2v) is 5.32. The van der Waals surface area contributed by atoms with Gasteiger partial charge in [-0.1, -0.05) is 6.07 Å². The van der Waals surface area contributed by atoms with E-state index in [0.29, 0.717) is 13.0 Å². The molecule has 1 aromatic heterocycles. The van der Waals surface area contributed by atoms with E-state index in [1.54, 1.807) is 11.1 Å². The second-order valence-electron chi connectivity index (χ2n) is 5.32. The number of hydrogen-bond donors (Lipinski definition) is 0. The summed E-state index contributed by atoms with van der Waals surface area (Å²) in [7, 11) is 1.86. The standard InChI is InChI=1S/C15H23N3O/c1-13-6-5-8-16-14(13)12-17(2)15(19)7-11-18-9-3-4-10-18/h5-6,8H,3-4,7,9-12H2,1-2H3. The van der Waals surface area contributed by atoms with Gasteiger partial charge in [-0.3, -0.25) is 9.78 Å². The first kappa shape index (κ1) is 14.0. The normalized spacial score (nSPS) is 15.7. The number of rotatable bonds is 5. The molecular formula is C15H23N3O. The molecule has 1 amide bonds. The third kappa shape index (κ3) is 4.03. The Kier molecular flexibility index (Phi) is 4.91. The zero-order valence-electron chi connectivity index (χ0n) is 11.9. The van der Waals surface area contributed by atoms with E-state index in [9.17, 15) is 4.79 Å². The fourth-order valence-electron chi connectivity index (χ4n) is 2.45. The van der Waals surface area contributed by atoms with Crippen molar-refractivity contribution in [1.29, 1.82) is 0 Å². The van der Waals surface area contributed by atoms with Crippen molar-refractivity contribution in [3.05, 3.63) is 29.6 Å². The number of aryl methyl sites for hydroxylation is 1. The van der Waals surface area contributed by atoms with Crippen LogP contribution in [0.2, 0.25) is 0 Å². The van der Waals surface area contributed by atoms with E-state index in [0.717, 1.165) is 30.9 Å². The van der Waals surface area contributed by atoms with Crippen molar-refractivity contribution in [1.82, 2.24) is 14.8 Å². The zero-order valence-corrected chi connectivity index (χ0v) is 11.9. The first-order valence-corrected chi connectivity index (χ1v) is 7.03. The van der Waals surface area contributed by atoms with Gasteiger partial charge in [-0.2, -0.15) is 0 Å². The first-order valence-electron chi connectivity index (χ1n) is 7.03. The summed E-state index contributed by atoms with van der Waals surface area (Å²) in [6, 6.07) is 3.96. The smallest absolute Gasteiger partial charge is 0.223 e. The summed E-state index contributed by atoms with van der Waals surface area (Å²) in [5.74, 6) is 0.206. The molecule has 1 aromatic rings. The van der Waals surface area contributed by atoms with Crippen LogP contribution in [0, 0.1) is 6.92 Å². The van der Waals surface area contributed by atoms with Crippen molar-refractivity contribution in [3.8, 4) is 0 Å². The summed E-state index contributed by atoms with van der Waals surface area (Å²) in [5, 5.41) is 0. The van der Waals surface area contributed by atoms with Gasteiger partial charge in [0.25, 0.3) is 0 Å². The van der Waals surface area contributed by atoms with Crippen LogP contribution in [0.15, 0.2) is 18.3 Å². The van der Waals surface area contributed by atoms with Crippen LogP contribution in [-0.2, 0) is 11.3 Å². The van der Waals surface area contributed by atoms with Gasteiger partial charge in [-0.15, -0.1) is 0 Å². The average Bonchev–Trinajstić information content (AvgIpc) is 2.91. The Morgan fingerprint density at radius 2 is 2.16 bits per heavy atom. The molecule has 0 aliphatic carbocycles. The second kappa shape index (κ2) is 6.66. The molecule has 0 N–H and O–H groups in total. The first-order chi connectivity index (χ1) is 9.16. The van der Waals surface area contributed by atoms with E-state index in [-0.39, 0.29) is 5.91 Å². The number of likely N-dealkylation sites (tertiary alicyclic amines) is 1. The number of hydrogen-bond acceptors (Lipinski definition) is 3. The van der Waals surface area contributed by atoms with Crippen LogP contribution in [0.5, 0.6) is 0 Å². The minimum absolute atomic E-state index is 0.206. The molecule has 2 rings (SSSR count). The van der Waals surface area contributed by atoms with E-state index in [2.05, 4.69) is 9.88 Å². The minimum atomic E-state index is 0.206. The number of pyridine rings is 1. The van der Waals surface area contributed by atoms with Crippen molar-refractivity contribution in [2.24, 2.45) is 0 Å². The van der Waals surface area contributed by atoms with Crippen molar-refractivity contribution >= 4 is 5.91 Å². The van der Waals surface area contributed by atoms with Crippen molar-refractivity contribution in [3.63, 3.8) is 0 Å². The molecule has 0 aromatic carbocycles. The molecule has 0 bridgehead atoms. The molecule has 0 spiro atoms. The lowest BCUT2D eigenvalue weighted by molar-refractivity contribution is -0.130. The maximum Gasteiger partial charge on any atom is 0.223 e. The molecule has 4 nitrogen and oxygen atoms in total. The van der Waals surface area contributed by atoms with Crippen molar-refractivity contribution < 1.29 is 4.79 Å². The molecular weight excluding hydrogens is 238 g/mol. The number of aromatic nitrogens is 1. The van der Waals surface area contributed by atoms with Crippen LogP contribution in [0.25, 0.3) is 0 Å². The SMILES string of the molecule is Cc1cccnc1CN(C)C(=O)CCN1CCCC1. The minimum Gasteiger partial charge on any atom is -0.340 e. The van der Waals surface area contributed by atoms with Crippen molar-refractivity contribution in [2.75, 3.05) is 26.7 Å². The fourth-order valence-corrected chi connectivity index (χ4v) is 2.45. The highest BCUT2D eigenvalue weighted by molar-refractivity contribution is 5.76. The largest absolute Gasteiger partial charge is 0.340 e. The van der Waals surface area contributed by atoms with Crippen LogP contribution < -0.4 is 0 Å². The molecule has 4 heteroatoms. The molecule has 0 unspecified atom stereocenters. The van der Waals surface area contributed by atoms with Crippen LogP contribution in [0.3, 0.4) is 0 Å². The lowest BCUT2D eigenvalue weighted by Crippen LogP contribution is -2.31. The van der Waals surface area contributed by atoms with E-state index in [4.69, 9.17) is 0 Å². The van der Waals surface area contributed by atoms with E-state index >= 15 is 0 Å². The molecule has 0 radical (unpaired) electrons. The fraction of sp³-hybridized carbons (Fsp3) is 0.600. The molecule has 104 valence electrons. The lowest BCUT2D eigenvalue weighted by atomic mass is 10.2. The number of amides is 1. The summed E-state index contributed by atoms with van der Waals surface area (Å²) < 4.78 is 0. The van der Waals surface area contributed by atoms with Crippen LogP contribution in [0.4, 0.5) is 0 Å². The van der Waals surface area contributed by atoms with E-state index in [1.165, 1.54) is 12.8 Å². The highest BCUT2D eigenvalue weighted by atomic mass is 16.2. The van der Waals surface area contributed by atoms with Gasteiger partial charge in [-0.05, 0) is 44.5 Å².